The van der Waals surface area contributed by atoms with E-state index < -0.39 is 12.0 Å². The Morgan fingerprint density at radius 2 is 0.883 bits per heavy atom. The lowest BCUT2D eigenvalue weighted by molar-refractivity contribution is -0.149. The Morgan fingerprint density at radius 3 is 1.33 bits per heavy atom. The van der Waals surface area contributed by atoms with Crippen molar-refractivity contribution in [3.05, 3.63) is 122 Å². The number of rotatable bonds is 40. The van der Waals surface area contributed by atoms with Crippen molar-refractivity contribution >= 4 is 17.8 Å². The van der Waals surface area contributed by atoms with Crippen molar-refractivity contribution in [2.24, 2.45) is 5.73 Å². The Bertz CT molecular complexity index is 1350. The smallest absolute Gasteiger partial charge is 0.326 e. The summed E-state index contributed by atoms with van der Waals surface area (Å²) >= 11 is 0. The second-order valence-corrected chi connectivity index (χ2v) is 15.0. The summed E-state index contributed by atoms with van der Waals surface area (Å²) in [6.07, 6.45) is 65.3. The van der Waals surface area contributed by atoms with Crippen molar-refractivity contribution < 1.29 is 24.2 Å². The minimum atomic E-state index is -1.02. The summed E-state index contributed by atoms with van der Waals surface area (Å²) in [6.45, 7) is 4.70. The highest BCUT2D eigenvalue weighted by Crippen LogP contribution is 2.17. The zero-order chi connectivity index (χ0) is 43.8. The van der Waals surface area contributed by atoms with Crippen molar-refractivity contribution in [2.75, 3.05) is 6.54 Å². The van der Waals surface area contributed by atoms with Crippen LogP contribution in [-0.4, -0.2) is 41.6 Å². The molecule has 0 radical (unpaired) electrons. The summed E-state index contributed by atoms with van der Waals surface area (Å²) < 4.78 is 6.00. The molecule has 0 heterocycles. The van der Waals surface area contributed by atoms with Gasteiger partial charge in [0.1, 0.15) is 12.1 Å². The molecule has 0 rings (SSSR count). The summed E-state index contributed by atoms with van der Waals surface area (Å²) in [7, 11) is 0. The van der Waals surface area contributed by atoms with Crippen LogP contribution in [0.15, 0.2) is 122 Å². The number of unbranched alkanes of at least 4 members (excludes halogenated alkanes) is 6. The molecule has 0 spiro atoms. The fraction of sp³-hybridized carbons (Fsp3) is 0.566. The molecule has 0 aromatic heterocycles. The van der Waals surface area contributed by atoms with Gasteiger partial charge in [0.25, 0.3) is 0 Å². The number of hydrogen-bond acceptors (Lipinski definition) is 5. The average molecular weight is 829 g/mol. The first-order valence-electron chi connectivity index (χ1n) is 23.4. The van der Waals surface area contributed by atoms with Crippen molar-refractivity contribution in [3.8, 4) is 0 Å². The van der Waals surface area contributed by atoms with Crippen LogP contribution in [-0.2, 0) is 19.1 Å². The molecule has 7 heteroatoms. The monoisotopic (exact) mass is 829 g/mol. The molecule has 0 saturated heterocycles. The van der Waals surface area contributed by atoms with E-state index in [0.717, 1.165) is 128 Å². The molecule has 2 unspecified atom stereocenters. The lowest BCUT2D eigenvalue weighted by atomic mass is 10.0. The molecule has 0 aliphatic carbocycles. The molecule has 0 fully saturated rings. The molecule has 0 aliphatic rings. The van der Waals surface area contributed by atoms with Crippen LogP contribution in [0.4, 0.5) is 0 Å². The van der Waals surface area contributed by atoms with E-state index in [1.807, 2.05) is 0 Å². The maximum absolute atomic E-state index is 12.8. The highest BCUT2D eigenvalue weighted by Gasteiger charge is 2.19. The van der Waals surface area contributed by atoms with Crippen molar-refractivity contribution in [1.29, 1.82) is 0 Å². The average Bonchev–Trinajstić information content (AvgIpc) is 3.23. The second kappa shape index (κ2) is 45.8. The first-order chi connectivity index (χ1) is 29.4. The number of esters is 1. The quantitative estimate of drug-likeness (QED) is 0.0321. The Balaban J connectivity index is 4.58. The number of aliphatic carboxylic acids is 1. The highest BCUT2D eigenvalue weighted by molar-refractivity contribution is 5.83. The molecule has 60 heavy (non-hydrogen) atoms. The van der Waals surface area contributed by atoms with Gasteiger partial charge in [0.15, 0.2) is 0 Å². The summed E-state index contributed by atoms with van der Waals surface area (Å²) in [4.78, 5) is 36.5. The SMILES string of the molecule is CC/C=C\C/C=C\C/C=C\C/C=C\C/C=C\C/C=C\CCC(=O)OC(CCCC/C=C\C/C=C\C/C=C\C/C=C\CC)CCCCCCCC(=O)NC(CCCN)C(=O)O. The molecule has 0 aliphatic heterocycles. The molecule has 0 saturated carbocycles. The van der Waals surface area contributed by atoms with Crippen LogP contribution in [0.5, 0.6) is 0 Å². The van der Waals surface area contributed by atoms with E-state index in [1.54, 1.807) is 0 Å². The van der Waals surface area contributed by atoms with Crippen molar-refractivity contribution in [2.45, 2.75) is 187 Å². The van der Waals surface area contributed by atoms with E-state index in [9.17, 15) is 19.5 Å². The number of hydrogen-bond donors (Lipinski definition) is 3. The minimum absolute atomic E-state index is 0.0764. The first-order valence-corrected chi connectivity index (χ1v) is 23.4. The Hall–Kier alpha value is -4.23. The van der Waals surface area contributed by atoms with Gasteiger partial charge in [-0.15, -0.1) is 0 Å². The largest absolute Gasteiger partial charge is 0.480 e. The summed E-state index contributed by atoms with van der Waals surface area (Å²) in [6, 6.07) is -0.875. The molecule has 1 amide bonds. The van der Waals surface area contributed by atoms with E-state index in [-0.39, 0.29) is 18.0 Å². The van der Waals surface area contributed by atoms with Gasteiger partial charge in [-0.3, -0.25) is 9.59 Å². The normalized spacial score (nSPS) is 13.8. The lowest BCUT2D eigenvalue weighted by Crippen LogP contribution is -2.40. The summed E-state index contributed by atoms with van der Waals surface area (Å²) in [5.41, 5.74) is 5.49. The molecule has 4 N–H and O–H groups in total. The maximum atomic E-state index is 12.8. The fourth-order valence-electron chi connectivity index (χ4n) is 6.11. The van der Waals surface area contributed by atoms with E-state index in [4.69, 9.17) is 10.5 Å². The lowest BCUT2D eigenvalue weighted by Gasteiger charge is -2.18. The number of amides is 1. The second-order valence-electron chi connectivity index (χ2n) is 15.0. The fourth-order valence-corrected chi connectivity index (χ4v) is 6.11. The maximum Gasteiger partial charge on any atom is 0.326 e. The van der Waals surface area contributed by atoms with Crippen LogP contribution in [0.1, 0.15) is 174 Å². The molecular weight excluding hydrogens is 745 g/mol. The number of carboxylic acids is 1. The predicted molar refractivity (Wildman–Crippen MR) is 257 cm³/mol. The van der Waals surface area contributed by atoms with E-state index in [0.29, 0.717) is 38.6 Å². The van der Waals surface area contributed by atoms with Gasteiger partial charge in [-0.2, -0.15) is 0 Å². The van der Waals surface area contributed by atoms with Gasteiger partial charge in [0.05, 0.1) is 0 Å². The predicted octanol–water partition coefficient (Wildman–Crippen LogP) is 13.8. The number of carbonyl (C=O) groups is 3. The van der Waals surface area contributed by atoms with Crippen LogP contribution in [0, 0.1) is 0 Å². The number of nitrogens with two attached hydrogens (primary N) is 1. The molecule has 336 valence electrons. The van der Waals surface area contributed by atoms with Crippen molar-refractivity contribution in [1.82, 2.24) is 5.32 Å². The number of ether oxygens (including phenoxy) is 1. The number of nitrogens with one attached hydrogen (secondary N) is 1. The van der Waals surface area contributed by atoms with E-state index in [1.165, 1.54) is 0 Å². The van der Waals surface area contributed by atoms with Gasteiger partial charge >= 0.3 is 11.9 Å². The van der Waals surface area contributed by atoms with Gasteiger partial charge in [-0.05, 0) is 135 Å². The van der Waals surface area contributed by atoms with Crippen LogP contribution in [0.3, 0.4) is 0 Å². The van der Waals surface area contributed by atoms with Crippen LogP contribution in [0.2, 0.25) is 0 Å². The van der Waals surface area contributed by atoms with Crippen LogP contribution >= 0.6 is 0 Å². The summed E-state index contributed by atoms with van der Waals surface area (Å²) in [5.74, 6) is -1.37. The molecule has 0 bridgehead atoms. The Morgan fingerprint density at radius 1 is 0.483 bits per heavy atom. The standard InChI is InChI=1S/C53H84N2O5/c1-3-5-7-9-11-13-15-17-19-20-21-22-24-26-28-30-32-37-41-47-52(57)60-49(43-38-34-31-29-27-25-23-18-16-14-12-10-8-6-4-2)44-39-35-33-36-40-46-51(56)55-50(53(58)59)45-42-48-54/h5-8,11-14,17-19,21-23,26-29,32,37,49-50H,3-4,9-10,15-16,20,24-25,30-31,33-36,38-48,54H2,1-2H3,(H,55,56)(H,58,59)/b7-5-,8-6-,13-11-,14-12-,19-17-,22-21-,23-18-,28-26-,29-27-,37-32-. The summed E-state index contributed by atoms with van der Waals surface area (Å²) in [5, 5.41) is 11.9. The molecule has 0 aromatic carbocycles. The first kappa shape index (κ1) is 55.8. The van der Waals surface area contributed by atoms with E-state index >= 15 is 0 Å². The third kappa shape index (κ3) is 41.9. The third-order valence-electron chi connectivity index (χ3n) is 9.54. The van der Waals surface area contributed by atoms with E-state index in [2.05, 4.69) is 141 Å². The zero-order valence-electron chi connectivity index (χ0n) is 37.7. The topological polar surface area (TPSA) is 119 Å². The van der Waals surface area contributed by atoms with Crippen LogP contribution in [0.25, 0.3) is 0 Å². The number of carboxylic acid groups (broad SMARTS) is 1. The zero-order valence-corrected chi connectivity index (χ0v) is 37.7. The molecule has 7 nitrogen and oxygen atoms in total. The van der Waals surface area contributed by atoms with Gasteiger partial charge in [0.2, 0.25) is 5.91 Å². The number of allylic oxidation sites excluding steroid dienone is 20. The van der Waals surface area contributed by atoms with Crippen molar-refractivity contribution in [3.63, 3.8) is 0 Å². The third-order valence-corrected chi connectivity index (χ3v) is 9.54. The van der Waals surface area contributed by atoms with Crippen LogP contribution < -0.4 is 11.1 Å². The molecule has 2 atom stereocenters. The molecular formula is C53H84N2O5. The highest BCUT2D eigenvalue weighted by atomic mass is 16.5. The van der Waals surface area contributed by atoms with Gasteiger partial charge in [0, 0.05) is 12.8 Å². The van der Waals surface area contributed by atoms with Gasteiger partial charge in [-0.25, -0.2) is 4.79 Å². The Kier molecular flexibility index (Phi) is 42.6. The Labute approximate surface area is 366 Å². The van der Waals surface area contributed by atoms with Gasteiger partial charge in [-0.1, -0.05) is 155 Å². The molecule has 0 aromatic rings. The number of carbonyl (C=O) groups excluding carboxylic acids is 2. The van der Waals surface area contributed by atoms with Gasteiger partial charge < -0.3 is 20.9 Å². The minimum Gasteiger partial charge on any atom is -0.480 e.